The highest BCUT2D eigenvalue weighted by Crippen LogP contribution is 2.34. The van der Waals surface area contributed by atoms with E-state index < -0.39 is 9.84 Å². The van der Waals surface area contributed by atoms with Crippen LogP contribution in [0.25, 0.3) is 0 Å². The molecule has 0 bridgehead atoms. The van der Waals surface area contributed by atoms with Gasteiger partial charge >= 0.3 is 0 Å². The van der Waals surface area contributed by atoms with Crippen molar-refractivity contribution < 1.29 is 13.3 Å². The van der Waals surface area contributed by atoms with Crippen molar-refractivity contribution in [2.75, 3.05) is 11.5 Å². The van der Waals surface area contributed by atoms with Gasteiger partial charge in [0.1, 0.15) is 0 Å². The van der Waals surface area contributed by atoms with Crippen LogP contribution in [0.15, 0.2) is 24.3 Å². The van der Waals surface area contributed by atoms with Crippen LogP contribution in [0.5, 0.6) is 0 Å². The van der Waals surface area contributed by atoms with E-state index in [2.05, 4.69) is 4.90 Å². The maximum atomic E-state index is 11.7. The second-order valence-electron chi connectivity index (χ2n) is 5.85. The van der Waals surface area contributed by atoms with E-state index in [0.717, 1.165) is 12.8 Å². The van der Waals surface area contributed by atoms with Gasteiger partial charge in [0.05, 0.1) is 16.4 Å². The Bertz CT molecular complexity index is 655. The highest BCUT2D eigenvalue weighted by atomic mass is 32.2. The van der Waals surface area contributed by atoms with E-state index in [1.54, 1.807) is 18.2 Å². The number of hydrogen-bond donors (Lipinski definition) is 0. The van der Waals surface area contributed by atoms with Crippen molar-refractivity contribution in [1.82, 2.24) is 4.90 Å². The Morgan fingerprint density at radius 2 is 1.90 bits per heavy atom. The molecule has 1 aromatic carbocycles. The summed E-state index contributed by atoms with van der Waals surface area (Å²) in [4.78, 5) is 12.9. The molecule has 21 heavy (non-hydrogen) atoms. The van der Waals surface area contributed by atoms with Crippen molar-refractivity contribution in [3.8, 4) is 0 Å². The molecule has 0 unspecified atom stereocenters. The fourth-order valence-electron chi connectivity index (χ4n) is 3.02. The van der Waals surface area contributed by atoms with Crippen molar-refractivity contribution in [3.05, 3.63) is 39.9 Å². The van der Waals surface area contributed by atoms with Gasteiger partial charge in [-0.05, 0) is 19.3 Å². The lowest BCUT2D eigenvalue weighted by Gasteiger charge is -2.27. The van der Waals surface area contributed by atoms with Gasteiger partial charge in [0.2, 0.25) is 0 Å². The van der Waals surface area contributed by atoms with Crippen LogP contribution in [0.2, 0.25) is 0 Å². The Morgan fingerprint density at radius 3 is 2.48 bits per heavy atom. The predicted octanol–water partition coefficient (Wildman–Crippen LogP) is 1.75. The lowest BCUT2D eigenvalue weighted by Crippen LogP contribution is -2.37. The summed E-state index contributed by atoms with van der Waals surface area (Å²) in [6.45, 7) is 0.460. The monoisotopic (exact) mass is 310 g/mol. The minimum atomic E-state index is -2.94. The van der Waals surface area contributed by atoms with Gasteiger partial charge in [-0.1, -0.05) is 18.2 Å². The third kappa shape index (κ3) is 3.24. The van der Waals surface area contributed by atoms with Gasteiger partial charge in [-0.2, -0.15) is 0 Å². The van der Waals surface area contributed by atoms with E-state index in [1.165, 1.54) is 6.07 Å². The van der Waals surface area contributed by atoms with E-state index in [1.807, 2.05) is 0 Å². The first-order valence-corrected chi connectivity index (χ1v) is 8.97. The number of nitro groups is 1. The van der Waals surface area contributed by atoms with Crippen LogP contribution in [0, 0.1) is 10.1 Å². The number of nitrogens with zero attached hydrogens (tertiary/aromatic N) is 2. The van der Waals surface area contributed by atoms with Crippen LogP contribution in [0.1, 0.15) is 24.8 Å². The van der Waals surface area contributed by atoms with E-state index in [0.29, 0.717) is 24.6 Å². The highest BCUT2D eigenvalue weighted by Gasteiger charge is 2.40. The van der Waals surface area contributed by atoms with Crippen LogP contribution in [-0.4, -0.2) is 41.8 Å². The molecule has 0 aromatic heterocycles. The zero-order valence-corrected chi connectivity index (χ0v) is 12.5. The number of nitro benzene ring substituents is 1. The van der Waals surface area contributed by atoms with Crippen LogP contribution >= 0.6 is 0 Å². The van der Waals surface area contributed by atoms with Crippen molar-refractivity contribution in [2.24, 2.45) is 0 Å². The summed E-state index contributed by atoms with van der Waals surface area (Å²) in [5, 5.41) is 11.1. The molecule has 1 saturated heterocycles. The normalized spacial score (nSPS) is 24.3. The van der Waals surface area contributed by atoms with Crippen molar-refractivity contribution in [3.63, 3.8) is 0 Å². The Balaban J connectivity index is 1.82. The van der Waals surface area contributed by atoms with E-state index in [4.69, 9.17) is 0 Å². The number of para-hydroxylation sites is 1. The average molecular weight is 310 g/mol. The molecule has 2 fully saturated rings. The van der Waals surface area contributed by atoms with Crippen LogP contribution < -0.4 is 0 Å². The molecule has 1 aliphatic heterocycles. The van der Waals surface area contributed by atoms with Crippen LogP contribution in [0.3, 0.4) is 0 Å². The minimum Gasteiger partial charge on any atom is -0.292 e. The molecule has 1 aromatic rings. The van der Waals surface area contributed by atoms with Crippen molar-refractivity contribution in [1.29, 1.82) is 0 Å². The third-order valence-corrected chi connectivity index (χ3v) is 5.98. The van der Waals surface area contributed by atoms with E-state index >= 15 is 0 Å². The minimum absolute atomic E-state index is 0.00214. The first-order chi connectivity index (χ1) is 9.96. The summed E-state index contributed by atoms with van der Waals surface area (Å²) in [6, 6.07) is 7.09. The maximum absolute atomic E-state index is 11.7. The Labute approximate surface area is 123 Å². The zero-order chi connectivity index (χ0) is 15.0. The van der Waals surface area contributed by atoms with Gasteiger partial charge in [-0.15, -0.1) is 0 Å². The molecule has 7 heteroatoms. The lowest BCUT2D eigenvalue weighted by atomic mass is 10.1. The molecule has 1 heterocycles. The van der Waals surface area contributed by atoms with Gasteiger partial charge in [-0.25, -0.2) is 8.42 Å². The third-order valence-electron chi connectivity index (χ3n) is 4.23. The molecule has 2 aliphatic rings. The van der Waals surface area contributed by atoms with Crippen LogP contribution in [0.4, 0.5) is 5.69 Å². The molecule has 0 spiro atoms. The molecule has 1 saturated carbocycles. The summed E-state index contributed by atoms with van der Waals surface area (Å²) < 4.78 is 23.4. The van der Waals surface area contributed by atoms with Gasteiger partial charge < -0.3 is 0 Å². The molecule has 114 valence electrons. The lowest BCUT2D eigenvalue weighted by molar-refractivity contribution is -0.385. The quantitative estimate of drug-likeness (QED) is 0.611. The molecule has 1 aliphatic carbocycles. The second kappa shape index (κ2) is 5.38. The molecule has 6 nitrogen and oxygen atoms in total. The molecule has 0 radical (unpaired) electrons. The molecule has 1 atom stereocenters. The smallest absolute Gasteiger partial charge is 0.273 e. The Hall–Kier alpha value is -1.47. The van der Waals surface area contributed by atoms with Gasteiger partial charge in [0, 0.05) is 30.3 Å². The Kier molecular flexibility index (Phi) is 3.71. The first kappa shape index (κ1) is 14.5. The van der Waals surface area contributed by atoms with E-state index in [9.17, 15) is 18.5 Å². The molecular weight excluding hydrogens is 292 g/mol. The highest BCUT2D eigenvalue weighted by molar-refractivity contribution is 7.91. The fourth-order valence-corrected chi connectivity index (χ4v) is 4.76. The van der Waals surface area contributed by atoms with Gasteiger partial charge in [0.15, 0.2) is 9.84 Å². The summed E-state index contributed by atoms with van der Waals surface area (Å²) in [6.07, 6.45) is 2.74. The molecule has 0 amide bonds. The predicted molar refractivity (Wildman–Crippen MR) is 78.7 cm³/mol. The Morgan fingerprint density at radius 1 is 1.19 bits per heavy atom. The average Bonchev–Trinajstić information content (AvgIpc) is 3.20. The summed E-state index contributed by atoms with van der Waals surface area (Å²) in [5.74, 6) is 0.419. The zero-order valence-electron chi connectivity index (χ0n) is 11.6. The molecular formula is C14H18N2O4S. The molecule has 3 rings (SSSR count). The summed E-state index contributed by atoms with van der Waals surface area (Å²) in [7, 11) is -2.94. The van der Waals surface area contributed by atoms with E-state index in [-0.39, 0.29) is 28.2 Å². The fraction of sp³-hybridized carbons (Fsp3) is 0.571. The SMILES string of the molecule is O=[N+]([O-])c1ccccc1CN(C1CC1)[C@@H]1CCS(=O)(=O)C1. The van der Waals surface area contributed by atoms with Crippen molar-refractivity contribution >= 4 is 15.5 Å². The number of benzene rings is 1. The molecule has 0 N–H and O–H groups in total. The van der Waals surface area contributed by atoms with Gasteiger partial charge in [0.25, 0.3) is 5.69 Å². The first-order valence-electron chi connectivity index (χ1n) is 7.15. The number of hydrogen-bond acceptors (Lipinski definition) is 5. The van der Waals surface area contributed by atoms with Gasteiger partial charge in [-0.3, -0.25) is 15.0 Å². The largest absolute Gasteiger partial charge is 0.292 e. The van der Waals surface area contributed by atoms with Crippen LogP contribution in [-0.2, 0) is 16.4 Å². The topological polar surface area (TPSA) is 80.5 Å². The summed E-state index contributed by atoms with van der Waals surface area (Å²) >= 11 is 0. The van der Waals surface area contributed by atoms with Crippen molar-refractivity contribution in [2.45, 2.75) is 37.9 Å². The standard InChI is InChI=1S/C14H18N2O4S/c17-16(18)14-4-2-1-3-11(14)9-15(12-5-6-12)13-7-8-21(19,20)10-13/h1-4,12-13H,5-10H2/t13-/m1/s1. The second-order valence-corrected chi connectivity index (χ2v) is 8.07. The number of rotatable bonds is 5. The summed E-state index contributed by atoms with van der Waals surface area (Å²) in [5.41, 5.74) is 0.780. The number of sulfone groups is 1. The maximum Gasteiger partial charge on any atom is 0.273 e.